The maximum Gasteiger partial charge on any atom is -0.00761 e. The van der Waals surface area contributed by atoms with Gasteiger partial charge in [-0.25, -0.2) is 0 Å². The standard InChI is InChI=1S/C19H22S.C15H24.C6H14.2C2H6/c1-14-9-10-18(11-15(14)2)19(12-16(3)20)13-17-7-5-4-6-8-17;1-11(2)15(5,6)10-14-8-12(3)7-13(4)9-14;1-5-6(2,3)4;2*1-2/h4-11,19H,12-13H2,1-3H3;7-9,11H,10H2,1-6H3;5H2,1-4H3;2*1-2H3/t19-;;;;/m1..../s1. The molecule has 0 radical (unpaired) electrons. The first-order valence-electron chi connectivity index (χ1n) is 17.6. The van der Waals surface area contributed by atoms with Crippen LogP contribution >= 0.6 is 12.2 Å². The molecule has 0 N–H and O–H groups in total. The lowest BCUT2D eigenvalue weighted by Gasteiger charge is -2.29. The molecule has 3 aromatic carbocycles. The largest absolute Gasteiger partial charge is 0.0900 e. The SMILES string of the molecule is CC.CC.CC(=S)C[C@H](Cc1ccccc1)c1ccc(C)c(C)c1.CCC(C)(C)C.Cc1cc(C)cc(CC(C)(C)C(C)C)c1. The molecule has 254 valence electrons. The summed E-state index contributed by atoms with van der Waals surface area (Å²) in [5.74, 6) is 1.20. The molecular formula is C44H72S. The molecule has 0 fully saturated rings. The van der Waals surface area contributed by atoms with E-state index in [1.165, 1.54) is 51.8 Å². The molecule has 0 aromatic heterocycles. The second-order valence-electron chi connectivity index (χ2n) is 14.4. The lowest BCUT2D eigenvalue weighted by Crippen LogP contribution is -2.22. The van der Waals surface area contributed by atoms with Crippen LogP contribution in [0.5, 0.6) is 0 Å². The predicted molar refractivity (Wildman–Crippen MR) is 212 cm³/mol. The van der Waals surface area contributed by atoms with Crippen molar-refractivity contribution in [3.05, 3.63) is 106 Å². The van der Waals surface area contributed by atoms with Crippen molar-refractivity contribution in [3.8, 4) is 0 Å². The summed E-state index contributed by atoms with van der Waals surface area (Å²) in [5.41, 5.74) is 10.7. The van der Waals surface area contributed by atoms with Crippen LogP contribution in [-0.4, -0.2) is 4.86 Å². The van der Waals surface area contributed by atoms with Crippen molar-refractivity contribution in [2.24, 2.45) is 16.7 Å². The third kappa shape index (κ3) is 20.5. The summed E-state index contributed by atoms with van der Waals surface area (Å²) in [6, 6.07) is 24.4. The number of rotatable bonds is 8. The molecule has 0 saturated carbocycles. The lowest BCUT2D eigenvalue weighted by molar-refractivity contribution is 0.248. The number of hydrogen-bond acceptors (Lipinski definition) is 1. The Morgan fingerprint density at radius 1 is 0.689 bits per heavy atom. The summed E-state index contributed by atoms with van der Waals surface area (Å²) in [6.45, 7) is 37.0. The molecular weight excluding hydrogens is 561 g/mol. The number of benzene rings is 3. The molecule has 3 rings (SSSR count). The van der Waals surface area contributed by atoms with Gasteiger partial charge in [0.25, 0.3) is 0 Å². The second-order valence-corrected chi connectivity index (χ2v) is 15.1. The van der Waals surface area contributed by atoms with E-state index in [0.29, 0.717) is 16.7 Å². The highest BCUT2D eigenvalue weighted by Crippen LogP contribution is 2.31. The highest BCUT2D eigenvalue weighted by atomic mass is 32.1. The Morgan fingerprint density at radius 3 is 1.58 bits per heavy atom. The average molecular weight is 633 g/mol. The highest BCUT2D eigenvalue weighted by molar-refractivity contribution is 7.80. The molecule has 1 atom stereocenters. The average Bonchev–Trinajstić information content (AvgIpc) is 2.96. The van der Waals surface area contributed by atoms with Gasteiger partial charge in [-0.2, -0.15) is 0 Å². The topological polar surface area (TPSA) is 0 Å². The van der Waals surface area contributed by atoms with Crippen LogP contribution < -0.4 is 0 Å². The van der Waals surface area contributed by atoms with Gasteiger partial charge < -0.3 is 0 Å². The van der Waals surface area contributed by atoms with Gasteiger partial charge in [-0.1, -0.05) is 180 Å². The summed E-state index contributed by atoms with van der Waals surface area (Å²) >= 11 is 5.35. The van der Waals surface area contributed by atoms with Crippen molar-refractivity contribution in [1.82, 2.24) is 0 Å². The van der Waals surface area contributed by atoms with Gasteiger partial charge in [0, 0.05) is 0 Å². The highest BCUT2D eigenvalue weighted by Gasteiger charge is 2.22. The van der Waals surface area contributed by atoms with Crippen LogP contribution in [0, 0.1) is 44.4 Å². The van der Waals surface area contributed by atoms with Crippen LogP contribution in [-0.2, 0) is 12.8 Å². The van der Waals surface area contributed by atoms with E-state index in [-0.39, 0.29) is 0 Å². The zero-order chi connectivity index (χ0) is 35.4. The number of aryl methyl sites for hydroxylation is 4. The normalized spacial score (nSPS) is 11.3. The molecule has 0 aliphatic rings. The first kappa shape index (κ1) is 44.9. The van der Waals surface area contributed by atoms with Crippen molar-refractivity contribution in [3.63, 3.8) is 0 Å². The molecule has 45 heavy (non-hydrogen) atoms. The van der Waals surface area contributed by atoms with Crippen molar-refractivity contribution >= 4 is 17.1 Å². The molecule has 1 heteroatoms. The van der Waals surface area contributed by atoms with Crippen LogP contribution in [0.4, 0.5) is 0 Å². The minimum Gasteiger partial charge on any atom is -0.0900 e. The Labute approximate surface area is 287 Å². The summed E-state index contributed by atoms with van der Waals surface area (Å²) in [7, 11) is 0. The van der Waals surface area contributed by atoms with E-state index in [1.807, 2.05) is 34.6 Å². The van der Waals surface area contributed by atoms with Crippen molar-refractivity contribution in [2.45, 2.75) is 149 Å². The van der Waals surface area contributed by atoms with E-state index < -0.39 is 0 Å². The summed E-state index contributed by atoms with van der Waals surface area (Å²) in [5, 5.41) is 0. The van der Waals surface area contributed by atoms with Gasteiger partial charge in [-0.15, -0.1) is 0 Å². The smallest absolute Gasteiger partial charge is 0.00761 e. The van der Waals surface area contributed by atoms with Crippen LogP contribution in [0.15, 0.2) is 66.7 Å². The Morgan fingerprint density at radius 2 is 1.18 bits per heavy atom. The fourth-order valence-corrected chi connectivity index (χ4v) is 4.67. The van der Waals surface area contributed by atoms with Gasteiger partial charge in [-0.3, -0.25) is 0 Å². The van der Waals surface area contributed by atoms with Gasteiger partial charge in [0.1, 0.15) is 0 Å². The first-order chi connectivity index (χ1) is 20.9. The summed E-state index contributed by atoms with van der Waals surface area (Å²) in [4.78, 5) is 1.09. The molecule has 0 unspecified atom stereocenters. The van der Waals surface area contributed by atoms with E-state index in [0.717, 1.165) is 23.6 Å². The predicted octanol–water partition coefficient (Wildman–Crippen LogP) is 14.4. The van der Waals surface area contributed by atoms with Crippen LogP contribution in [0.3, 0.4) is 0 Å². The number of hydrogen-bond donors (Lipinski definition) is 0. The van der Waals surface area contributed by atoms with Crippen LogP contribution in [0.2, 0.25) is 0 Å². The van der Waals surface area contributed by atoms with Gasteiger partial charge in [0.05, 0.1) is 0 Å². The van der Waals surface area contributed by atoms with Crippen molar-refractivity contribution in [1.29, 1.82) is 0 Å². The molecule has 0 heterocycles. The second kappa shape index (κ2) is 23.1. The van der Waals surface area contributed by atoms with Crippen LogP contribution in [0.25, 0.3) is 0 Å². The quantitative estimate of drug-likeness (QED) is 0.223. The van der Waals surface area contributed by atoms with Gasteiger partial charge in [-0.05, 0) is 109 Å². The molecule has 0 spiro atoms. The van der Waals surface area contributed by atoms with E-state index in [1.54, 1.807) is 0 Å². The van der Waals surface area contributed by atoms with E-state index in [2.05, 4.69) is 150 Å². The fraction of sp³-hybridized carbons (Fsp3) is 0.568. The molecule has 3 aromatic rings. The third-order valence-electron chi connectivity index (χ3n) is 8.43. The monoisotopic (exact) mass is 633 g/mol. The maximum atomic E-state index is 5.35. The van der Waals surface area contributed by atoms with E-state index in [4.69, 9.17) is 12.2 Å². The zero-order valence-corrected chi connectivity index (χ0v) is 33.6. The molecule has 0 amide bonds. The Bertz CT molecular complexity index is 1170. The number of thiocarbonyl (C=S) groups is 1. The third-order valence-corrected chi connectivity index (χ3v) is 8.59. The Kier molecular flexibility index (Phi) is 23.1. The van der Waals surface area contributed by atoms with Crippen LogP contribution in [0.1, 0.15) is 148 Å². The van der Waals surface area contributed by atoms with Gasteiger partial charge in [0.15, 0.2) is 0 Å². The maximum absolute atomic E-state index is 5.35. The Balaban J connectivity index is 0. The molecule has 0 nitrogen and oxygen atoms in total. The zero-order valence-electron chi connectivity index (χ0n) is 32.7. The lowest BCUT2D eigenvalue weighted by atomic mass is 9.76. The summed E-state index contributed by atoms with van der Waals surface area (Å²) < 4.78 is 0. The van der Waals surface area contributed by atoms with Crippen molar-refractivity contribution < 1.29 is 0 Å². The Hall–Kier alpha value is -2.25. The molecule has 0 aliphatic heterocycles. The minimum absolute atomic E-state index is 0.389. The molecule has 0 bridgehead atoms. The summed E-state index contributed by atoms with van der Waals surface area (Å²) in [6.07, 6.45) is 4.48. The van der Waals surface area contributed by atoms with Crippen molar-refractivity contribution in [2.75, 3.05) is 0 Å². The minimum atomic E-state index is 0.389. The van der Waals surface area contributed by atoms with Gasteiger partial charge in [0.2, 0.25) is 0 Å². The molecule has 0 saturated heterocycles. The molecule has 0 aliphatic carbocycles. The fourth-order valence-electron chi connectivity index (χ4n) is 4.47. The van der Waals surface area contributed by atoms with E-state index in [9.17, 15) is 0 Å². The van der Waals surface area contributed by atoms with Gasteiger partial charge >= 0.3 is 0 Å². The first-order valence-corrected chi connectivity index (χ1v) is 18.0. The van der Waals surface area contributed by atoms with E-state index >= 15 is 0 Å².